The van der Waals surface area contributed by atoms with Gasteiger partial charge in [0.25, 0.3) is 0 Å². The highest BCUT2D eigenvalue weighted by Crippen LogP contribution is 2.47. The van der Waals surface area contributed by atoms with Crippen LogP contribution < -0.4 is 9.64 Å². The summed E-state index contributed by atoms with van der Waals surface area (Å²) in [6, 6.07) is 77.4. The molecule has 0 aliphatic carbocycles. The minimum Gasteiger partial charge on any atom is -0.456 e. The number of aromatic nitrogens is 1. The molecule has 0 radical (unpaired) electrons. The highest BCUT2D eigenvalue weighted by atomic mass is 16.5. The van der Waals surface area contributed by atoms with E-state index in [1.807, 2.05) is 36.4 Å². The monoisotopic (exact) mass is 832 g/mol. The van der Waals surface area contributed by atoms with Crippen molar-refractivity contribution in [2.24, 2.45) is 0 Å². The second kappa shape index (κ2) is 13.9. The smallest absolute Gasteiger partial charge is 0.152 e. The Morgan fingerprint density at radius 2 is 0.938 bits per heavy atom. The summed E-state index contributed by atoms with van der Waals surface area (Å²) in [6.45, 7) is 0. The number of benzene rings is 10. The van der Waals surface area contributed by atoms with Gasteiger partial charge in [-0.3, -0.25) is 0 Å². The molecule has 4 heterocycles. The van der Waals surface area contributed by atoms with Crippen LogP contribution in [-0.4, -0.2) is 4.57 Å². The summed E-state index contributed by atoms with van der Waals surface area (Å²) >= 11 is 0. The van der Waals surface area contributed by atoms with Gasteiger partial charge < -0.3 is 23.0 Å². The molecule has 1 aliphatic heterocycles. The van der Waals surface area contributed by atoms with E-state index in [0.717, 1.165) is 123 Å². The molecule has 1 aliphatic rings. The second-order valence-electron chi connectivity index (χ2n) is 16.9. The molecule has 10 aromatic carbocycles. The first-order valence-corrected chi connectivity index (χ1v) is 22.0. The molecular formula is C60H36N2O3. The van der Waals surface area contributed by atoms with Gasteiger partial charge in [-0.2, -0.15) is 0 Å². The summed E-state index contributed by atoms with van der Waals surface area (Å²) in [7, 11) is 0. The molecule has 13 aromatic rings. The van der Waals surface area contributed by atoms with E-state index in [0.29, 0.717) is 0 Å². The molecule has 5 nitrogen and oxygen atoms in total. The molecule has 304 valence electrons. The van der Waals surface area contributed by atoms with Crippen LogP contribution in [0.2, 0.25) is 0 Å². The van der Waals surface area contributed by atoms with Gasteiger partial charge in [0, 0.05) is 49.4 Å². The Kier molecular flexibility index (Phi) is 7.62. The average Bonchev–Trinajstić information content (AvgIpc) is 4.05. The largest absolute Gasteiger partial charge is 0.456 e. The molecule has 0 fully saturated rings. The zero-order valence-corrected chi connectivity index (χ0v) is 34.9. The Morgan fingerprint density at radius 3 is 1.80 bits per heavy atom. The van der Waals surface area contributed by atoms with Crippen molar-refractivity contribution in [3.8, 4) is 50.6 Å². The third kappa shape index (κ3) is 5.52. The lowest BCUT2D eigenvalue weighted by atomic mass is 9.98. The fourth-order valence-corrected chi connectivity index (χ4v) is 10.2. The van der Waals surface area contributed by atoms with Gasteiger partial charge in [0.15, 0.2) is 11.5 Å². The number of hydrogen-bond donors (Lipinski definition) is 0. The summed E-state index contributed by atoms with van der Waals surface area (Å²) in [5.41, 5.74) is 16.8. The van der Waals surface area contributed by atoms with Gasteiger partial charge in [0.05, 0.1) is 16.7 Å². The first kappa shape index (κ1) is 35.8. The SMILES string of the molecule is c1cc(-c2ccc3c(c2)c2cccc4c2n3-c2ccccc2O4)cc(N(c2ccc(-c3ccc4c(c3)oc3ccccc34)cc2)c2ccc(-c3cccc4oc5ccccc5c34)cc2)c1. The third-order valence-electron chi connectivity index (χ3n) is 13.2. The number of rotatable bonds is 6. The quantitative estimate of drug-likeness (QED) is 0.167. The van der Waals surface area contributed by atoms with Gasteiger partial charge in [-0.05, 0) is 130 Å². The Balaban J connectivity index is 0.885. The standard InChI is InChI=1S/C60H36N2O3/c1-4-17-53-46(12-1)47-32-26-41(36-58(47)64-53)37-22-28-42(29-23-37)61(43-30-24-38(25-31-43)45-14-8-20-56-59(45)49-13-2-5-18-54(49)63-56)44-11-7-10-39(34-44)40-27-33-51-50(35-40)48-15-9-21-57-60(48)62(51)52-16-3-6-19-55(52)65-57/h1-36H. The molecule has 0 unspecified atom stereocenters. The number of para-hydroxylation sites is 5. The highest BCUT2D eigenvalue weighted by molar-refractivity contribution is 6.14. The maximum atomic E-state index is 6.41. The molecule has 0 spiro atoms. The van der Waals surface area contributed by atoms with Gasteiger partial charge in [-0.15, -0.1) is 0 Å². The number of fused-ring (bicyclic) bond motifs is 11. The summed E-state index contributed by atoms with van der Waals surface area (Å²) in [4.78, 5) is 2.35. The molecule has 3 aromatic heterocycles. The van der Waals surface area contributed by atoms with Crippen LogP contribution in [0.15, 0.2) is 227 Å². The number of nitrogens with zero attached hydrogens (tertiary/aromatic N) is 2. The average molecular weight is 833 g/mol. The van der Waals surface area contributed by atoms with E-state index in [4.69, 9.17) is 13.6 Å². The number of furan rings is 2. The summed E-state index contributed by atoms with van der Waals surface area (Å²) in [5.74, 6) is 1.74. The molecule has 14 rings (SSSR count). The van der Waals surface area contributed by atoms with Crippen molar-refractivity contribution in [1.82, 2.24) is 4.57 Å². The summed E-state index contributed by atoms with van der Waals surface area (Å²) in [5, 5.41) is 6.87. The van der Waals surface area contributed by atoms with Gasteiger partial charge >= 0.3 is 0 Å². The fourth-order valence-electron chi connectivity index (χ4n) is 10.2. The minimum atomic E-state index is 0.863. The number of hydrogen-bond acceptors (Lipinski definition) is 4. The lowest BCUT2D eigenvalue weighted by Gasteiger charge is -2.26. The summed E-state index contributed by atoms with van der Waals surface area (Å²) in [6.07, 6.45) is 0. The van der Waals surface area contributed by atoms with Crippen molar-refractivity contribution in [3.63, 3.8) is 0 Å². The predicted molar refractivity (Wildman–Crippen MR) is 266 cm³/mol. The maximum Gasteiger partial charge on any atom is 0.152 e. The normalized spacial score (nSPS) is 12.1. The van der Waals surface area contributed by atoms with E-state index in [1.165, 1.54) is 10.8 Å². The van der Waals surface area contributed by atoms with Crippen LogP contribution >= 0.6 is 0 Å². The zero-order chi connectivity index (χ0) is 42.6. The van der Waals surface area contributed by atoms with Gasteiger partial charge in [-0.1, -0.05) is 121 Å². The first-order valence-electron chi connectivity index (χ1n) is 22.0. The predicted octanol–water partition coefficient (Wildman–Crippen LogP) is 17.2. The summed E-state index contributed by atoms with van der Waals surface area (Å²) < 4.78 is 21.3. The fraction of sp³-hybridized carbons (Fsp3) is 0. The van der Waals surface area contributed by atoms with Crippen molar-refractivity contribution in [1.29, 1.82) is 0 Å². The van der Waals surface area contributed by atoms with E-state index in [1.54, 1.807) is 0 Å². The Bertz CT molecular complexity index is 4040. The van der Waals surface area contributed by atoms with Crippen molar-refractivity contribution in [3.05, 3.63) is 218 Å². The van der Waals surface area contributed by atoms with Crippen LogP contribution in [0.1, 0.15) is 0 Å². The molecule has 0 N–H and O–H groups in total. The van der Waals surface area contributed by atoms with Crippen molar-refractivity contribution < 1.29 is 13.6 Å². The number of ether oxygens (including phenoxy) is 1. The van der Waals surface area contributed by atoms with Crippen LogP contribution in [0.25, 0.3) is 105 Å². The van der Waals surface area contributed by atoms with Crippen LogP contribution in [-0.2, 0) is 0 Å². The molecule has 5 heteroatoms. The van der Waals surface area contributed by atoms with E-state index in [2.05, 4.69) is 191 Å². The molecule has 0 atom stereocenters. The third-order valence-corrected chi connectivity index (χ3v) is 13.2. The van der Waals surface area contributed by atoms with E-state index < -0.39 is 0 Å². The maximum absolute atomic E-state index is 6.41. The Labute approximate surface area is 373 Å². The van der Waals surface area contributed by atoms with E-state index >= 15 is 0 Å². The molecule has 0 saturated carbocycles. The highest BCUT2D eigenvalue weighted by Gasteiger charge is 2.24. The van der Waals surface area contributed by atoms with Crippen molar-refractivity contribution >= 4 is 82.7 Å². The van der Waals surface area contributed by atoms with Gasteiger partial charge in [0.2, 0.25) is 0 Å². The molecule has 0 amide bonds. The molecule has 65 heavy (non-hydrogen) atoms. The Hall–Kier alpha value is -8.80. The molecule has 0 saturated heterocycles. The zero-order valence-electron chi connectivity index (χ0n) is 34.9. The van der Waals surface area contributed by atoms with Crippen LogP contribution in [0.4, 0.5) is 17.1 Å². The van der Waals surface area contributed by atoms with Crippen molar-refractivity contribution in [2.75, 3.05) is 4.90 Å². The van der Waals surface area contributed by atoms with E-state index in [-0.39, 0.29) is 0 Å². The second-order valence-corrected chi connectivity index (χ2v) is 16.9. The van der Waals surface area contributed by atoms with Gasteiger partial charge in [0.1, 0.15) is 22.3 Å². The lowest BCUT2D eigenvalue weighted by molar-refractivity contribution is 0.476. The topological polar surface area (TPSA) is 43.7 Å². The van der Waals surface area contributed by atoms with Crippen molar-refractivity contribution in [2.45, 2.75) is 0 Å². The number of anilines is 3. The van der Waals surface area contributed by atoms with Crippen LogP contribution in [0, 0.1) is 0 Å². The minimum absolute atomic E-state index is 0.863. The molecular weight excluding hydrogens is 797 g/mol. The lowest BCUT2D eigenvalue weighted by Crippen LogP contribution is -2.10. The van der Waals surface area contributed by atoms with Crippen LogP contribution in [0.5, 0.6) is 11.5 Å². The molecule has 0 bridgehead atoms. The van der Waals surface area contributed by atoms with Gasteiger partial charge in [-0.25, -0.2) is 0 Å². The first-order chi connectivity index (χ1) is 32.2. The van der Waals surface area contributed by atoms with Crippen LogP contribution in [0.3, 0.4) is 0 Å². The Morgan fingerprint density at radius 1 is 0.338 bits per heavy atom. The van der Waals surface area contributed by atoms with E-state index in [9.17, 15) is 0 Å².